The van der Waals surface area contributed by atoms with E-state index in [9.17, 15) is 4.79 Å². The molecular formula is C18H28N2OS. The molecule has 1 unspecified atom stereocenters. The quantitative estimate of drug-likeness (QED) is 0.837. The predicted octanol–water partition coefficient (Wildman–Crippen LogP) is 3.16. The standard InChI is InChI=1S/C18H28N2OS/c1-3-19-13-16-9-11-20(12-10-16)18(21)15(2)22-14-17-7-5-4-6-8-17/h4-8,15-16,19H,3,9-14H2,1-2H3. The second-order valence-electron chi connectivity index (χ2n) is 6.02. The Morgan fingerprint density at radius 3 is 2.64 bits per heavy atom. The smallest absolute Gasteiger partial charge is 0.235 e. The van der Waals surface area contributed by atoms with Gasteiger partial charge in [0.05, 0.1) is 5.25 Å². The average Bonchev–Trinajstić information content (AvgIpc) is 2.58. The minimum atomic E-state index is 0.0468. The van der Waals surface area contributed by atoms with Crippen LogP contribution in [-0.4, -0.2) is 42.2 Å². The summed E-state index contributed by atoms with van der Waals surface area (Å²) >= 11 is 1.74. The van der Waals surface area contributed by atoms with Crippen molar-refractivity contribution < 1.29 is 4.79 Å². The van der Waals surface area contributed by atoms with Crippen LogP contribution in [0.3, 0.4) is 0 Å². The first-order chi connectivity index (χ1) is 10.7. The van der Waals surface area contributed by atoms with Gasteiger partial charge in [-0.3, -0.25) is 4.79 Å². The molecule has 0 aromatic heterocycles. The van der Waals surface area contributed by atoms with Gasteiger partial charge in [0, 0.05) is 18.8 Å². The topological polar surface area (TPSA) is 32.3 Å². The van der Waals surface area contributed by atoms with Crippen LogP contribution in [0.2, 0.25) is 0 Å². The normalized spacial score (nSPS) is 17.5. The number of carbonyl (C=O) groups excluding carboxylic acids is 1. The fraction of sp³-hybridized carbons (Fsp3) is 0.611. The van der Waals surface area contributed by atoms with Gasteiger partial charge < -0.3 is 10.2 Å². The second kappa shape index (κ2) is 9.21. The third-order valence-electron chi connectivity index (χ3n) is 4.30. The van der Waals surface area contributed by atoms with Crippen LogP contribution >= 0.6 is 11.8 Å². The Labute approximate surface area is 138 Å². The molecule has 2 rings (SSSR count). The molecular weight excluding hydrogens is 292 g/mol. The second-order valence-corrected chi connectivity index (χ2v) is 7.34. The van der Waals surface area contributed by atoms with Gasteiger partial charge in [-0.2, -0.15) is 0 Å². The zero-order valence-electron chi connectivity index (χ0n) is 13.8. The van der Waals surface area contributed by atoms with Crippen molar-refractivity contribution in [2.45, 2.75) is 37.7 Å². The minimum absolute atomic E-state index is 0.0468. The number of piperidine rings is 1. The number of hydrogen-bond acceptors (Lipinski definition) is 3. The largest absolute Gasteiger partial charge is 0.342 e. The average molecular weight is 321 g/mol. The van der Waals surface area contributed by atoms with E-state index in [0.29, 0.717) is 5.91 Å². The highest BCUT2D eigenvalue weighted by Crippen LogP contribution is 2.22. The maximum absolute atomic E-state index is 12.5. The lowest BCUT2D eigenvalue weighted by Crippen LogP contribution is -2.43. The number of rotatable bonds is 7. The maximum atomic E-state index is 12.5. The van der Waals surface area contributed by atoms with Crippen LogP contribution in [0.4, 0.5) is 0 Å². The number of nitrogens with zero attached hydrogens (tertiary/aromatic N) is 1. The fourth-order valence-corrected chi connectivity index (χ4v) is 3.76. The van der Waals surface area contributed by atoms with Gasteiger partial charge in [0.25, 0.3) is 0 Å². The lowest BCUT2D eigenvalue weighted by Gasteiger charge is -2.33. The van der Waals surface area contributed by atoms with Crippen molar-refractivity contribution in [1.82, 2.24) is 10.2 Å². The molecule has 0 aliphatic carbocycles. The number of amides is 1. The number of benzene rings is 1. The highest BCUT2D eigenvalue weighted by atomic mass is 32.2. The third kappa shape index (κ3) is 5.33. The van der Waals surface area contributed by atoms with Gasteiger partial charge in [-0.05, 0) is 44.3 Å². The summed E-state index contributed by atoms with van der Waals surface area (Å²) in [4.78, 5) is 14.6. The maximum Gasteiger partial charge on any atom is 0.235 e. The zero-order valence-corrected chi connectivity index (χ0v) is 14.6. The highest BCUT2D eigenvalue weighted by molar-refractivity contribution is 7.99. The molecule has 1 aliphatic rings. The summed E-state index contributed by atoms with van der Waals surface area (Å²) < 4.78 is 0. The lowest BCUT2D eigenvalue weighted by atomic mass is 9.96. The van der Waals surface area contributed by atoms with Gasteiger partial charge in [0.15, 0.2) is 0 Å². The Morgan fingerprint density at radius 2 is 2.00 bits per heavy atom. The van der Waals surface area contributed by atoms with Gasteiger partial charge in [-0.1, -0.05) is 37.3 Å². The molecule has 1 amide bonds. The first-order valence-corrected chi connectivity index (χ1v) is 9.40. The van der Waals surface area contributed by atoms with Crippen LogP contribution in [-0.2, 0) is 10.5 Å². The Morgan fingerprint density at radius 1 is 1.32 bits per heavy atom. The van der Waals surface area contributed by atoms with Crippen LogP contribution in [0.15, 0.2) is 30.3 Å². The van der Waals surface area contributed by atoms with E-state index in [0.717, 1.165) is 50.7 Å². The molecule has 1 saturated heterocycles. The highest BCUT2D eigenvalue weighted by Gasteiger charge is 2.25. The van der Waals surface area contributed by atoms with E-state index in [1.807, 2.05) is 13.0 Å². The molecule has 1 heterocycles. The molecule has 1 fully saturated rings. The molecule has 1 aromatic rings. The molecule has 22 heavy (non-hydrogen) atoms. The summed E-state index contributed by atoms with van der Waals surface area (Å²) in [5.74, 6) is 1.95. The van der Waals surface area contributed by atoms with Crippen molar-refractivity contribution in [2.24, 2.45) is 5.92 Å². The predicted molar refractivity (Wildman–Crippen MR) is 95.0 cm³/mol. The first-order valence-electron chi connectivity index (χ1n) is 8.35. The van der Waals surface area contributed by atoms with Crippen LogP contribution in [0.1, 0.15) is 32.3 Å². The van der Waals surface area contributed by atoms with E-state index in [1.54, 1.807) is 11.8 Å². The van der Waals surface area contributed by atoms with Gasteiger partial charge in [0.1, 0.15) is 0 Å². The van der Waals surface area contributed by atoms with Crippen molar-refractivity contribution in [3.8, 4) is 0 Å². The van der Waals surface area contributed by atoms with Crippen LogP contribution in [0, 0.1) is 5.92 Å². The summed E-state index contributed by atoms with van der Waals surface area (Å²) in [5, 5.41) is 3.46. The van der Waals surface area contributed by atoms with Gasteiger partial charge >= 0.3 is 0 Å². The van der Waals surface area contributed by atoms with E-state index in [1.165, 1.54) is 5.56 Å². The van der Waals surface area contributed by atoms with Crippen molar-refractivity contribution in [3.05, 3.63) is 35.9 Å². The summed E-state index contributed by atoms with van der Waals surface area (Å²) in [5.41, 5.74) is 1.29. The van der Waals surface area contributed by atoms with Crippen molar-refractivity contribution >= 4 is 17.7 Å². The van der Waals surface area contributed by atoms with E-state index >= 15 is 0 Å². The number of hydrogen-bond donors (Lipinski definition) is 1. The van der Waals surface area contributed by atoms with Crippen molar-refractivity contribution in [2.75, 3.05) is 26.2 Å². The molecule has 3 nitrogen and oxygen atoms in total. The van der Waals surface area contributed by atoms with Crippen LogP contribution in [0.5, 0.6) is 0 Å². The summed E-state index contributed by atoms with van der Waals surface area (Å²) in [6.45, 7) is 8.16. The van der Waals surface area contributed by atoms with Crippen LogP contribution in [0.25, 0.3) is 0 Å². The van der Waals surface area contributed by atoms with Gasteiger partial charge in [-0.25, -0.2) is 0 Å². The number of nitrogens with one attached hydrogen (secondary N) is 1. The molecule has 4 heteroatoms. The minimum Gasteiger partial charge on any atom is -0.342 e. The van der Waals surface area contributed by atoms with Crippen molar-refractivity contribution in [3.63, 3.8) is 0 Å². The summed E-state index contributed by atoms with van der Waals surface area (Å²) in [7, 11) is 0. The molecule has 122 valence electrons. The summed E-state index contributed by atoms with van der Waals surface area (Å²) in [6, 6.07) is 10.4. The molecule has 1 aliphatic heterocycles. The Bertz CT molecular complexity index is 444. The molecule has 0 radical (unpaired) electrons. The molecule has 0 saturated carbocycles. The Hall–Kier alpha value is -1.00. The third-order valence-corrected chi connectivity index (χ3v) is 5.50. The van der Waals surface area contributed by atoms with Gasteiger partial charge in [-0.15, -0.1) is 11.8 Å². The Balaban J connectivity index is 1.72. The monoisotopic (exact) mass is 320 g/mol. The summed E-state index contributed by atoms with van der Waals surface area (Å²) in [6.07, 6.45) is 2.27. The van der Waals surface area contributed by atoms with Crippen LogP contribution < -0.4 is 5.32 Å². The molecule has 0 spiro atoms. The van der Waals surface area contributed by atoms with Gasteiger partial charge in [0.2, 0.25) is 5.91 Å². The first kappa shape index (κ1) is 17.4. The van der Waals surface area contributed by atoms with Crippen molar-refractivity contribution in [1.29, 1.82) is 0 Å². The van der Waals surface area contributed by atoms with E-state index in [2.05, 4.69) is 41.4 Å². The number of thioether (sulfide) groups is 1. The SMILES string of the molecule is CCNCC1CCN(C(=O)C(C)SCc2ccccc2)CC1. The molecule has 1 aromatic carbocycles. The fourth-order valence-electron chi connectivity index (χ4n) is 2.83. The molecule has 0 bridgehead atoms. The molecule has 1 N–H and O–H groups in total. The van der Waals surface area contributed by atoms with E-state index in [4.69, 9.17) is 0 Å². The lowest BCUT2D eigenvalue weighted by molar-refractivity contribution is -0.131. The van der Waals surface area contributed by atoms with E-state index < -0.39 is 0 Å². The number of carbonyl (C=O) groups is 1. The Kier molecular flexibility index (Phi) is 7.26. The number of likely N-dealkylation sites (tertiary alicyclic amines) is 1. The van der Waals surface area contributed by atoms with E-state index in [-0.39, 0.29) is 5.25 Å². The zero-order chi connectivity index (χ0) is 15.8. The molecule has 1 atom stereocenters.